The van der Waals surface area contributed by atoms with Crippen LogP contribution in [0.2, 0.25) is 0 Å². The summed E-state index contributed by atoms with van der Waals surface area (Å²) < 4.78 is 6.62. The molecule has 0 spiro atoms. The second-order valence-corrected chi connectivity index (χ2v) is 5.88. The van der Waals surface area contributed by atoms with Crippen molar-refractivity contribution in [2.45, 2.75) is 20.0 Å². The molecule has 0 radical (unpaired) electrons. The van der Waals surface area contributed by atoms with E-state index in [-0.39, 0.29) is 23.8 Å². The van der Waals surface area contributed by atoms with Gasteiger partial charge in [0.15, 0.2) is 0 Å². The maximum Gasteiger partial charge on any atom is 0.281 e. The second kappa shape index (κ2) is 7.14. The van der Waals surface area contributed by atoms with Crippen LogP contribution in [0.3, 0.4) is 0 Å². The summed E-state index contributed by atoms with van der Waals surface area (Å²) in [5, 5.41) is 16.5. The Bertz CT molecular complexity index is 936. The molecule has 0 saturated carbocycles. The third-order valence-electron chi connectivity index (χ3n) is 3.38. The fourth-order valence-corrected chi connectivity index (χ4v) is 2.34. The van der Waals surface area contributed by atoms with Gasteiger partial charge in [-0.25, -0.2) is 0 Å². The summed E-state index contributed by atoms with van der Waals surface area (Å²) >= 11 is 0. The van der Waals surface area contributed by atoms with Gasteiger partial charge >= 0.3 is 0 Å². The largest absolute Gasteiger partial charge is 0.508 e. The first-order valence-corrected chi connectivity index (χ1v) is 8.02. The average molecular weight is 353 g/mol. The van der Waals surface area contributed by atoms with Gasteiger partial charge in [0.1, 0.15) is 11.5 Å². The molecule has 8 nitrogen and oxygen atoms in total. The van der Waals surface area contributed by atoms with E-state index in [0.29, 0.717) is 17.0 Å². The van der Waals surface area contributed by atoms with Gasteiger partial charge in [-0.1, -0.05) is 12.1 Å². The Balaban J connectivity index is 1.83. The monoisotopic (exact) mass is 353 g/mol. The van der Waals surface area contributed by atoms with Crippen molar-refractivity contribution in [2.24, 2.45) is 0 Å². The van der Waals surface area contributed by atoms with Crippen molar-refractivity contribution in [3.8, 4) is 11.5 Å². The van der Waals surface area contributed by atoms with Crippen molar-refractivity contribution in [2.75, 3.05) is 11.1 Å². The number of rotatable bonds is 5. The minimum atomic E-state index is -0.423. The molecule has 4 N–H and O–H groups in total. The van der Waals surface area contributed by atoms with Gasteiger partial charge in [0, 0.05) is 17.3 Å². The highest BCUT2D eigenvalue weighted by molar-refractivity contribution is 5.97. The van der Waals surface area contributed by atoms with Crippen LogP contribution in [0.25, 0.3) is 0 Å². The number of nitrogens with two attached hydrogens (primary N) is 1. The predicted octanol–water partition coefficient (Wildman–Crippen LogP) is 2.79. The number of phenols is 1. The van der Waals surface area contributed by atoms with E-state index in [0.717, 1.165) is 4.68 Å². The van der Waals surface area contributed by atoms with Gasteiger partial charge in [0.25, 0.3) is 5.91 Å². The third-order valence-corrected chi connectivity index (χ3v) is 3.38. The maximum absolute atomic E-state index is 12.7. The van der Waals surface area contributed by atoms with E-state index in [1.54, 1.807) is 42.5 Å². The number of hydrogen-bond donors (Lipinski definition) is 3. The van der Waals surface area contributed by atoms with E-state index >= 15 is 0 Å². The Hall–Kier alpha value is -3.55. The van der Waals surface area contributed by atoms with Crippen LogP contribution in [0.1, 0.15) is 24.2 Å². The van der Waals surface area contributed by atoms with Gasteiger partial charge in [-0.05, 0) is 44.2 Å². The molecule has 1 aromatic heterocycles. The first kappa shape index (κ1) is 17.3. The number of carbonyl (C=O) groups excluding carboxylic acids is 1. The molecule has 0 atom stereocenters. The molecule has 134 valence electrons. The highest BCUT2D eigenvalue weighted by Crippen LogP contribution is 2.20. The number of hydrogen-bond acceptors (Lipinski definition) is 7. The van der Waals surface area contributed by atoms with Crippen molar-refractivity contribution in [1.29, 1.82) is 0 Å². The van der Waals surface area contributed by atoms with Gasteiger partial charge < -0.3 is 20.9 Å². The molecule has 26 heavy (non-hydrogen) atoms. The molecule has 2 aromatic carbocycles. The van der Waals surface area contributed by atoms with Gasteiger partial charge in [-0.15, -0.1) is 5.10 Å². The highest BCUT2D eigenvalue weighted by Gasteiger charge is 2.17. The number of nitrogens with one attached hydrogen (secondary N) is 1. The van der Waals surface area contributed by atoms with Crippen molar-refractivity contribution >= 4 is 23.5 Å². The Kier molecular flexibility index (Phi) is 4.74. The minimum Gasteiger partial charge on any atom is -0.508 e. The molecular formula is C18H19N5O3. The normalized spacial score (nSPS) is 10.7. The van der Waals surface area contributed by atoms with Crippen molar-refractivity contribution in [3.05, 3.63) is 54.1 Å². The Morgan fingerprint density at radius 1 is 1.23 bits per heavy atom. The zero-order chi connectivity index (χ0) is 18.7. The topological polar surface area (TPSA) is 115 Å². The van der Waals surface area contributed by atoms with E-state index < -0.39 is 5.91 Å². The van der Waals surface area contributed by atoms with Crippen LogP contribution < -0.4 is 15.8 Å². The summed E-state index contributed by atoms with van der Waals surface area (Å²) in [6.45, 7) is 3.81. The van der Waals surface area contributed by atoms with Crippen LogP contribution in [0, 0.1) is 0 Å². The second-order valence-electron chi connectivity index (χ2n) is 5.88. The predicted molar refractivity (Wildman–Crippen MR) is 97.8 cm³/mol. The van der Waals surface area contributed by atoms with Crippen LogP contribution in [-0.2, 0) is 0 Å². The number of benzene rings is 2. The number of aromatic nitrogens is 3. The number of phenolic OH excluding ortho intramolecular Hbond substituents is 1. The summed E-state index contributed by atoms with van der Waals surface area (Å²) in [4.78, 5) is 16.7. The number of nitrogens with zero attached hydrogens (tertiary/aromatic N) is 3. The van der Waals surface area contributed by atoms with Crippen LogP contribution in [-0.4, -0.2) is 31.9 Å². The number of anilines is 3. The molecule has 0 aliphatic carbocycles. The number of carbonyl (C=O) groups is 1. The van der Waals surface area contributed by atoms with E-state index in [1.807, 2.05) is 13.8 Å². The number of ether oxygens (including phenoxy) is 1. The lowest BCUT2D eigenvalue weighted by Crippen LogP contribution is -2.16. The van der Waals surface area contributed by atoms with E-state index in [4.69, 9.17) is 10.5 Å². The Labute approximate surface area is 150 Å². The summed E-state index contributed by atoms with van der Waals surface area (Å²) in [6.07, 6.45) is -0.00474. The molecule has 3 rings (SSSR count). The zero-order valence-electron chi connectivity index (χ0n) is 14.4. The smallest absolute Gasteiger partial charge is 0.281 e. The van der Waals surface area contributed by atoms with Crippen LogP contribution in [0.4, 0.5) is 17.6 Å². The molecule has 0 aliphatic rings. The molecule has 1 heterocycles. The summed E-state index contributed by atoms with van der Waals surface area (Å²) in [7, 11) is 0. The van der Waals surface area contributed by atoms with Crippen molar-refractivity contribution in [3.63, 3.8) is 0 Å². The quantitative estimate of drug-likeness (QED) is 0.646. The standard InChI is InChI=1S/C18H19N5O3/c1-11(2)26-15-8-3-5-12(9-15)16(25)23-17(19)21-18(22-23)20-13-6-4-7-14(24)10-13/h3-11,24H,1-2H3,(H3,19,20,21,22). The van der Waals surface area contributed by atoms with E-state index in [9.17, 15) is 9.90 Å². The molecular weight excluding hydrogens is 334 g/mol. The lowest BCUT2D eigenvalue weighted by atomic mass is 10.2. The van der Waals surface area contributed by atoms with Gasteiger partial charge in [0.05, 0.1) is 6.10 Å². The Morgan fingerprint density at radius 2 is 2.00 bits per heavy atom. The van der Waals surface area contributed by atoms with Gasteiger partial charge in [-0.2, -0.15) is 9.67 Å². The van der Waals surface area contributed by atoms with Crippen LogP contribution in [0.15, 0.2) is 48.5 Å². The van der Waals surface area contributed by atoms with E-state index in [2.05, 4.69) is 15.4 Å². The SMILES string of the molecule is CC(C)Oc1cccc(C(=O)n2nc(Nc3cccc(O)c3)nc2N)c1. The summed E-state index contributed by atoms with van der Waals surface area (Å²) in [6, 6.07) is 13.2. The molecule has 0 amide bonds. The molecule has 0 aliphatic heterocycles. The molecule has 0 bridgehead atoms. The average Bonchev–Trinajstić information content (AvgIpc) is 2.94. The minimum absolute atomic E-state index is 0.00474. The summed E-state index contributed by atoms with van der Waals surface area (Å²) in [5.74, 6) is 0.361. The zero-order valence-corrected chi connectivity index (χ0v) is 14.4. The molecule has 8 heteroatoms. The maximum atomic E-state index is 12.7. The highest BCUT2D eigenvalue weighted by atomic mass is 16.5. The molecule has 3 aromatic rings. The van der Waals surface area contributed by atoms with Crippen molar-refractivity contribution in [1.82, 2.24) is 14.8 Å². The fraction of sp³-hybridized carbons (Fsp3) is 0.167. The lowest BCUT2D eigenvalue weighted by molar-refractivity contribution is 0.0947. The lowest BCUT2D eigenvalue weighted by Gasteiger charge is -2.10. The molecule has 0 unspecified atom stereocenters. The first-order valence-electron chi connectivity index (χ1n) is 8.02. The molecule has 0 saturated heterocycles. The van der Waals surface area contributed by atoms with E-state index in [1.165, 1.54) is 6.07 Å². The first-order chi connectivity index (χ1) is 12.4. The Morgan fingerprint density at radius 3 is 2.73 bits per heavy atom. The van der Waals surface area contributed by atoms with Crippen LogP contribution in [0.5, 0.6) is 11.5 Å². The van der Waals surface area contributed by atoms with Crippen molar-refractivity contribution < 1.29 is 14.6 Å². The number of aromatic hydroxyl groups is 1. The summed E-state index contributed by atoms with van der Waals surface area (Å²) in [5.41, 5.74) is 6.78. The molecule has 0 fully saturated rings. The van der Waals surface area contributed by atoms with Crippen LogP contribution >= 0.6 is 0 Å². The van der Waals surface area contributed by atoms with Gasteiger partial charge in [0.2, 0.25) is 11.9 Å². The third kappa shape index (κ3) is 3.92. The number of nitrogen functional groups attached to an aromatic ring is 1. The van der Waals surface area contributed by atoms with Gasteiger partial charge in [-0.3, -0.25) is 4.79 Å². The fourth-order valence-electron chi connectivity index (χ4n) is 2.34.